The molecule has 2 N–H and O–H groups in total. The van der Waals surface area contributed by atoms with Crippen LogP contribution in [0.5, 0.6) is 0 Å². The molecule has 0 bridgehead atoms. The number of allylic oxidation sites excluding steroid dienone is 4. The molecular weight excluding hydrogens is 344 g/mol. The molecule has 2 unspecified atom stereocenters. The standard InChI is InChI=1S/C26H42O2/c1-10-11-22(20-12-14-25(27,16-18(20)2)23(4,5)6)21-13-15-26(28,17-19(21)3)24(7,8)9/h12-15,22,27-28H,10-11,16-17H2,1-9H3. The highest BCUT2D eigenvalue weighted by Gasteiger charge is 2.42. The van der Waals surface area contributed by atoms with Gasteiger partial charge in [0.25, 0.3) is 0 Å². The zero-order valence-electron chi connectivity index (χ0n) is 19.6. The maximum Gasteiger partial charge on any atom is 0.0915 e. The summed E-state index contributed by atoms with van der Waals surface area (Å²) in [6, 6.07) is 0. The van der Waals surface area contributed by atoms with Crippen molar-refractivity contribution in [3.8, 4) is 0 Å². The van der Waals surface area contributed by atoms with Crippen LogP contribution >= 0.6 is 0 Å². The molecule has 0 aromatic carbocycles. The fraction of sp³-hybridized carbons (Fsp3) is 0.692. The molecule has 2 atom stereocenters. The van der Waals surface area contributed by atoms with Gasteiger partial charge < -0.3 is 10.2 Å². The summed E-state index contributed by atoms with van der Waals surface area (Å²) in [5.41, 5.74) is 3.27. The minimum absolute atomic E-state index is 0.195. The van der Waals surface area contributed by atoms with E-state index in [0.717, 1.165) is 12.8 Å². The van der Waals surface area contributed by atoms with Gasteiger partial charge in [-0.25, -0.2) is 0 Å². The van der Waals surface area contributed by atoms with Crippen LogP contribution < -0.4 is 0 Å². The van der Waals surface area contributed by atoms with Gasteiger partial charge in [0, 0.05) is 18.8 Å². The number of hydrogen-bond acceptors (Lipinski definition) is 2. The van der Waals surface area contributed by atoms with E-state index in [0.29, 0.717) is 18.8 Å². The molecule has 0 aliphatic heterocycles. The van der Waals surface area contributed by atoms with Gasteiger partial charge in [0.05, 0.1) is 11.2 Å². The Bertz CT molecular complexity index is 661. The van der Waals surface area contributed by atoms with E-state index in [4.69, 9.17) is 0 Å². The second-order valence-corrected chi connectivity index (χ2v) is 11.2. The summed E-state index contributed by atoms with van der Waals surface area (Å²) in [7, 11) is 0. The Morgan fingerprint density at radius 3 is 1.43 bits per heavy atom. The highest BCUT2D eigenvalue weighted by Crippen LogP contribution is 2.46. The largest absolute Gasteiger partial charge is 0.385 e. The van der Waals surface area contributed by atoms with Crippen molar-refractivity contribution in [2.45, 2.75) is 99.2 Å². The minimum atomic E-state index is -0.796. The van der Waals surface area contributed by atoms with Crippen LogP contribution in [0, 0.1) is 16.7 Å². The predicted octanol–water partition coefficient (Wildman–Crippen LogP) is 6.51. The molecule has 2 aliphatic carbocycles. The van der Waals surface area contributed by atoms with E-state index >= 15 is 0 Å². The highest BCUT2D eigenvalue weighted by atomic mass is 16.3. The van der Waals surface area contributed by atoms with Gasteiger partial charge in [0.15, 0.2) is 0 Å². The number of hydrogen-bond donors (Lipinski definition) is 2. The summed E-state index contributed by atoms with van der Waals surface area (Å²) in [6.07, 6.45) is 11.9. The molecule has 0 saturated heterocycles. The quantitative estimate of drug-likeness (QED) is 0.578. The summed E-state index contributed by atoms with van der Waals surface area (Å²) in [4.78, 5) is 0. The third kappa shape index (κ3) is 4.24. The van der Waals surface area contributed by atoms with E-state index in [1.807, 2.05) is 12.2 Å². The number of aliphatic hydroxyl groups is 2. The van der Waals surface area contributed by atoms with Gasteiger partial charge in [-0.3, -0.25) is 0 Å². The first kappa shape index (κ1) is 23.2. The fourth-order valence-corrected chi connectivity index (χ4v) is 4.50. The van der Waals surface area contributed by atoms with Crippen molar-refractivity contribution in [3.63, 3.8) is 0 Å². The van der Waals surface area contributed by atoms with Crippen molar-refractivity contribution in [1.82, 2.24) is 0 Å². The van der Waals surface area contributed by atoms with Gasteiger partial charge in [-0.05, 0) is 42.2 Å². The smallest absolute Gasteiger partial charge is 0.0915 e. The van der Waals surface area contributed by atoms with Crippen molar-refractivity contribution in [2.75, 3.05) is 0 Å². The van der Waals surface area contributed by atoms with Gasteiger partial charge in [-0.2, -0.15) is 0 Å². The van der Waals surface area contributed by atoms with E-state index in [9.17, 15) is 10.2 Å². The van der Waals surface area contributed by atoms with E-state index in [2.05, 4.69) is 74.5 Å². The molecular formula is C26H42O2. The third-order valence-electron chi connectivity index (χ3n) is 7.06. The Hall–Kier alpha value is -1.12. The lowest BCUT2D eigenvalue weighted by atomic mass is 9.66. The van der Waals surface area contributed by atoms with Crippen LogP contribution in [0.3, 0.4) is 0 Å². The van der Waals surface area contributed by atoms with Crippen LogP contribution in [0.4, 0.5) is 0 Å². The fourth-order valence-electron chi connectivity index (χ4n) is 4.50. The second kappa shape index (κ2) is 7.61. The van der Waals surface area contributed by atoms with Crippen molar-refractivity contribution < 1.29 is 10.2 Å². The molecule has 0 saturated carbocycles. The lowest BCUT2D eigenvalue weighted by Gasteiger charge is -2.43. The van der Waals surface area contributed by atoms with Crippen LogP contribution in [0.2, 0.25) is 0 Å². The Morgan fingerprint density at radius 2 is 1.18 bits per heavy atom. The maximum absolute atomic E-state index is 11.1. The number of rotatable bonds is 4. The molecule has 2 heteroatoms. The predicted molar refractivity (Wildman–Crippen MR) is 120 cm³/mol. The molecule has 0 amide bonds. The lowest BCUT2D eigenvalue weighted by Crippen LogP contribution is -2.43. The van der Waals surface area contributed by atoms with Crippen molar-refractivity contribution in [1.29, 1.82) is 0 Å². The average molecular weight is 387 g/mol. The molecule has 158 valence electrons. The minimum Gasteiger partial charge on any atom is -0.385 e. The molecule has 28 heavy (non-hydrogen) atoms. The van der Waals surface area contributed by atoms with Gasteiger partial charge in [-0.15, -0.1) is 0 Å². The Labute approximate surface area is 173 Å². The van der Waals surface area contributed by atoms with Crippen molar-refractivity contribution in [2.24, 2.45) is 16.7 Å². The second-order valence-electron chi connectivity index (χ2n) is 11.2. The molecule has 0 spiro atoms. The maximum atomic E-state index is 11.1. The molecule has 2 nitrogen and oxygen atoms in total. The monoisotopic (exact) mass is 386 g/mol. The summed E-state index contributed by atoms with van der Waals surface area (Å²) in [5.74, 6) is 0.325. The van der Waals surface area contributed by atoms with Crippen LogP contribution in [-0.4, -0.2) is 21.4 Å². The highest BCUT2D eigenvalue weighted by molar-refractivity contribution is 5.46. The molecule has 0 aromatic rings. The van der Waals surface area contributed by atoms with E-state index in [1.54, 1.807) is 0 Å². The summed E-state index contributed by atoms with van der Waals surface area (Å²) in [6.45, 7) is 19.2. The van der Waals surface area contributed by atoms with Crippen LogP contribution in [-0.2, 0) is 0 Å². The van der Waals surface area contributed by atoms with Crippen LogP contribution in [0.25, 0.3) is 0 Å². The average Bonchev–Trinajstić information content (AvgIpc) is 2.52. The normalized spacial score (nSPS) is 30.2. The summed E-state index contributed by atoms with van der Waals surface area (Å²) in [5, 5.41) is 22.3. The Kier molecular flexibility index (Phi) is 6.30. The molecule has 0 fully saturated rings. The molecule has 2 aliphatic rings. The molecule has 0 aromatic heterocycles. The van der Waals surface area contributed by atoms with Gasteiger partial charge >= 0.3 is 0 Å². The zero-order valence-corrected chi connectivity index (χ0v) is 19.6. The zero-order chi connectivity index (χ0) is 21.5. The van der Waals surface area contributed by atoms with Crippen LogP contribution in [0.1, 0.15) is 88.0 Å². The van der Waals surface area contributed by atoms with E-state index < -0.39 is 11.2 Å². The van der Waals surface area contributed by atoms with Crippen molar-refractivity contribution in [3.05, 3.63) is 46.6 Å². The topological polar surface area (TPSA) is 40.5 Å². The van der Waals surface area contributed by atoms with E-state index in [-0.39, 0.29) is 10.8 Å². The first-order valence-corrected chi connectivity index (χ1v) is 10.9. The van der Waals surface area contributed by atoms with E-state index in [1.165, 1.54) is 22.3 Å². The SMILES string of the molecule is CCCC(C1=C(C)CC(O)(C(C)(C)C)C=C1)C1=C(C)CC(O)(C(C)(C)C)C=C1. The van der Waals surface area contributed by atoms with Crippen LogP contribution in [0.15, 0.2) is 46.6 Å². The Balaban J connectivity index is 2.41. The lowest BCUT2D eigenvalue weighted by molar-refractivity contribution is -0.0152. The summed E-state index contributed by atoms with van der Waals surface area (Å²) < 4.78 is 0. The molecule has 2 rings (SSSR count). The first-order chi connectivity index (χ1) is 12.7. The summed E-state index contributed by atoms with van der Waals surface area (Å²) >= 11 is 0. The third-order valence-corrected chi connectivity index (χ3v) is 7.06. The van der Waals surface area contributed by atoms with Gasteiger partial charge in [0.2, 0.25) is 0 Å². The van der Waals surface area contributed by atoms with Gasteiger partial charge in [-0.1, -0.05) is 90.3 Å². The van der Waals surface area contributed by atoms with Gasteiger partial charge in [0.1, 0.15) is 0 Å². The molecule has 0 radical (unpaired) electrons. The first-order valence-electron chi connectivity index (χ1n) is 10.9. The molecule has 0 heterocycles. The Morgan fingerprint density at radius 1 is 0.821 bits per heavy atom. The van der Waals surface area contributed by atoms with Crippen molar-refractivity contribution >= 4 is 0 Å².